The van der Waals surface area contributed by atoms with Gasteiger partial charge in [-0.25, -0.2) is 4.39 Å². The Bertz CT molecular complexity index is 1040. The van der Waals surface area contributed by atoms with Crippen LogP contribution in [0.1, 0.15) is 23.6 Å². The van der Waals surface area contributed by atoms with Crippen molar-refractivity contribution in [2.45, 2.75) is 26.1 Å². The maximum Gasteiger partial charge on any atom is 0.416 e. The first-order valence-electron chi connectivity index (χ1n) is 7.86. The van der Waals surface area contributed by atoms with Gasteiger partial charge in [-0.2, -0.15) is 27.6 Å². The smallest absolute Gasteiger partial charge is 0.273 e. The number of pyridine rings is 2. The van der Waals surface area contributed by atoms with Crippen LogP contribution in [0.25, 0.3) is 5.82 Å². The summed E-state index contributed by atoms with van der Waals surface area (Å²) in [6.07, 6.45) is -1.57. The lowest BCUT2D eigenvalue weighted by Crippen LogP contribution is -2.28. The summed E-state index contributed by atoms with van der Waals surface area (Å²) in [5.41, 5.74) is -2.51. The van der Waals surface area contributed by atoms with Crippen molar-refractivity contribution in [3.8, 4) is 5.82 Å². The minimum Gasteiger partial charge on any atom is -0.273 e. The molecular weight excluding hydrogens is 371 g/mol. The van der Waals surface area contributed by atoms with Crippen LogP contribution in [0.2, 0.25) is 0 Å². The van der Waals surface area contributed by atoms with Gasteiger partial charge in [0.15, 0.2) is 11.6 Å². The van der Waals surface area contributed by atoms with Gasteiger partial charge in [0.05, 0.1) is 11.8 Å². The van der Waals surface area contributed by atoms with Crippen molar-refractivity contribution in [2.75, 3.05) is 0 Å². The van der Waals surface area contributed by atoms with Crippen molar-refractivity contribution < 1.29 is 22.0 Å². The predicted molar refractivity (Wildman–Crippen MR) is 85.5 cm³/mol. The maximum atomic E-state index is 14.0. The molecule has 3 rings (SSSR count). The second-order valence-corrected chi connectivity index (χ2v) is 5.70. The topological polar surface area (TPSA) is 52.7 Å². The fourth-order valence-electron chi connectivity index (χ4n) is 2.63. The molecule has 0 aliphatic rings. The average Bonchev–Trinajstić information content (AvgIpc) is 3.05. The van der Waals surface area contributed by atoms with Crippen LogP contribution in [0, 0.1) is 11.8 Å². The third kappa shape index (κ3) is 3.74. The molecule has 0 unspecified atom stereocenters. The third-order valence-electron chi connectivity index (χ3n) is 3.91. The van der Waals surface area contributed by atoms with Crippen molar-refractivity contribution in [3.05, 3.63) is 75.6 Å². The van der Waals surface area contributed by atoms with Crippen LogP contribution in [-0.2, 0) is 19.1 Å². The summed E-state index contributed by atoms with van der Waals surface area (Å²) in [4.78, 5) is 16.0. The fraction of sp³-hybridized carbons (Fsp3) is 0.235. The third-order valence-corrected chi connectivity index (χ3v) is 3.91. The lowest BCUT2D eigenvalue weighted by molar-refractivity contribution is -0.138. The monoisotopic (exact) mass is 384 g/mol. The van der Waals surface area contributed by atoms with Crippen LogP contribution in [0.15, 0.2) is 41.6 Å². The molecule has 0 fully saturated rings. The second kappa shape index (κ2) is 6.93. The van der Waals surface area contributed by atoms with Gasteiger partial charge in [0.1, 0.15) is 0 Å². The Labute approximate surface area is 149 Å². The Balaban J connectivity index is 2.19. The van der Waals surface area contributed by atoms with E-state index < -0.39 is 40.4 Å². The van der Waals surface area contributed by atoms with Crippen LogP contribution in [-0.4, -0.2) is 19.3 Å². The van der Waals surface area contributed by atoms with Crippen molar-refractivity contribution in [1.29, 1.82) is 0 Å². The Morgan fingerprint density at radius 1 is 1.15 bits per heavy atom. The summed E-state index contributed by atoms with van der Waals surface area (Å²) < 4.78 is 69.4. The van der Waals surface area contributed by atoms with E-state index in [-0.39, 0.29) is 6.42 Å². The molecule has 0 radical (unpaired) electrons. The molecule has 0 aliphatic carbocycles. The minimum absolute atomic E-state index is 0.370. The summed E-state index contributed by atoms with van der Waals surface area (Å²) in [5, 5.41) is 3.96. The number of alkyl halides is 3. The number of hydrogen-bond donors (Lipinski definition) is 0. The number of rotatable bonds is 4. The van der Waals surface area contributed by atoms with Crippen LogP contribution in [0.5, 0.6) is 0 Å². The first-order valence-corrected chi connectivity index (χ1v) is 7.86. The number of hydrogen-bond acceptors (Lipinski definition) is 3. The molecule has 3 heterocycles. The normalized spacial score (nSPS) is 11.8. The van der Waals surface area contributed by atoms with Gasteiger partial charge in [-0.05, 0) is 30.7 Å². The van der Waals surface area contributed by atoms with E-state index in [4.69, 9.17) is 0 Å². The molecule has 10 heteroatoms. The Hall–Kier alpha value is -3.04. The van der Waals surface area contributed by atoms with E-state index in [1.807, 2.05) is 0 Å². The molecule has 0 saturated heterocycles. The molecule has 3 aromatic rings. The zero-order valence-corrected chi connectivity index (χ0v) is 14.0. The molecule has 142 valence electrons. The molecule has 0 aromatic carbocycles. The highest BCUT2D eigenvalue weighted by molar-refractivity contribution is 5.35. The lowest BCUT2D eigenvalue weighted by atomic mass is 10.0. The van der Waals surface area contributed by atoms with Gasteiger partial charge in [-0.3, -0.25) is 14.0 Å². The largest absolute Gasteiger partial charge is 0.416 e. The van der Waals surface area contributed by atoms with Crippen molar-refractivity contribution in [2.24, 2.45) is 0 Å². The quantitative estimate of drug-likeness (QED) is 0.512. The molecular formula is C17H13F5N4O. The molecule has 5 nitrogen and oxygen atoms in total. The van der Waals surface area contributed by atoms with E-state index in [1.165, 1.54) is 17.1 Å². The lowest BCUT2D eigenvalue weighted by Gasteiger charge is -2.14. The molecule has 0 spiro atoms. The van der Waals surface area contributed by atoms with Gasteiger partial charge in [-0.15, -0.1) is 0 Å². The first kappa shape index (κ1) is 18.7. The van der Waals surface area contributed by atoms with E-state index in [1.54, 1.807) is 6.92 Å². The average molecular weight is 384 g/mol. The van der Waals surface area contributed by atoms with Crippen LogP contribution < -0.4 is 5.56 Å². The Morgan fingerprint density at radius 3 is 2.52 bits per heavy atom. The van der Waals surface area contributed by atoms with E-state index >= 15 is 0 Å². The van der Waals surface area contributed by atoms with E-state index in [9.17, 15) is 26.7 Å². The Morgan fingerprint density at radius 2 is 1.89 bits per heavy atom. The molecule has 27 heavy (non-hydrogen) atoms. The predicted octanol–water partition coefficient (Wildman–Crippen LogP) is 3.34. The number of nitrogens with zero attached hydrogens (tertiary/aromatic N) is 4. The minimum atomic E-state index is -4.79. The molecule has 0 aliphatic heterocycles. The summed E-state index contributed by atoms with van der Waals surface area (Å²) >= 11 is 0. The highest BCUT2D eigenvalue weighted by Gasteiger charge is 2.35. The van der Waals surface area contributed by atoms with Crippen molar-refractivity contribution in [3.63, 3.8) is 0 Å². The highest BCUT2D eigenvalue weighted by atomic mass is 19.4. The summed E-state index contributed by atoms with van der Waals surface area (Å²) in [7, 11) is 0. The standard InChI is InChI=1S/C17H13F5N4O/c1-2-25-9-10(8-23-25)7-11-12(17(20,21)22)5-6-26(16(11)27)15-13(18)3-4-14(19)24-15/h3-6,8-9H,2,7H2,1H3. The fourth-order valence-corrected chi connectivity index (χ4v) is 2.63. The SMILES string of the molecule is CCn1cc(Cc2c(C(F)(F)F)ccn(-c3nc(F)ccc3F)c2=O)cn1. The Kier molecular flexibility index (Phi) is 4.81. The molecule has 0 N–H and O–H groups in total. The van der Waals surface area contributed by atoms with E-state index in [0.717, 1.165) is 18.3 Å². The number of halogens is 5. The van der Waals surface area contributed by atoms with Crippen molar-refractivity contribution in [1.82, 2.24) is 19.3 Å². The zero-order chi connectivity index (χ0) is 19.8. The van der Waals surface area contributed by atoms with Gasteiger partial charge in [0, 0.05) is 30.9 Å². The van der Waals surface area contributed by atoms with Crippen molar-refractivity contribution >= 4 is 0 Å². The van der Waals surface area contributed by atoms with E-state index in [2.05, 4.69) is 10.1 Å². The molecule has 0 amide bonds. The summed E-state index contributed by atoms with van der Waals surface area (Å²) in [5.74, 6) is -2.81. The van der Waals surface area contributed by atoms with Gasteiger partial charge in [0.25, 0.3) is 5.56 Å². The summed E-state index contributed by atoms with van der Waals surface area (Å²) in [6.45, 7) is 2.30. The summed E-state index contributed by atoms with van der Waals surface area (Å²) in [6, 6.07) is 2.13. The molecule has 0 saturated carbocycles. The maximum absolute atomic E-state index is 14.0. The molecule has 3 aromatic heterocycles. The van der Waals surface area contributed by atoms with Crippen LogP contribution >= 0.6 is 0 Å². The zero-order valence-electron chi connectivity index (χ0n) is 14.0. The van der Waals surface area contributed by atoms with Crippen LogP contribution in [0.4, 0.5) is 22.0 Å². The van der Waals surface area contributed by atoms with Gasteiger partial charge in [-0.1, -0.05) is 0 Å². The van der Waals surface area contributed by atoms with Crippen LogP contribution in [0.3, 0.4) is 0 Å². The van der Waals surface area contributed by atoms with Gasteiger partial charge >= 0.3 is 6.18 Å². The number of aryl methyl sites for hydroxylation is 1. The molecule has 0 atom stereocenters. The van der Waals surface area contributed by atoms with E-state index in [0.29, 0.717) is 22.7 Å². The van der Waals surface area contributed by atoms with Gasteiger partial charge in [0.2, 0.25) is 5.95 Å². The highest BCUT2D eigenvalue weighted by Crippen LogP contribution is 2.31. The van der Waals surface area contributed by atoms with Gasteiger partial charge < -0.3 is 0 Å². The number of aromatic nitrogens is 4. The second-order valence-electron chi connectivity index (χ2n) is 5.70. The molecule has 0 bridgehead atoms. The first-order chi connectivity index (χ1) is 12.7.